The van der Waals surface area contributed by atoms with Gasteiger partial charge in [-0.05, 0) is 24.8 Å². The van der Waals surface area contributed by atoms with Gasteiger partial charge in [-0.2, -0.15) is 0 Å². The Balaban J connectivity index is 2.31. The molecule has 1 atom stereocenters. The van der Waals surface area contributed by atoms with Crippen molar-refractivity contribution in [3.8, 4) is 0 Å². The molecule has 0 aliphatic rings. The van der Waals surface area contributed by atoms with Gasteiger partial charge >= 0.3 is 0 Å². The number of benzene rings is 1. The molecule has 1 rings (SSSR count). The molecule has 0 spiro atoms. The van der Waals surface area contributed by atoms with Crippen LogP contribution in [0.1, 0.15) is 32.3 Å². The SMILES string of the molecule is CCCNC(=O)CNC(CC)Cc1ccccc1. The van der Waals surface area contributed by atoms with Gasteiger partial charge in [0.2, 0.25) is 5.91 Å². The maximum Gasteiger partial charge on any atom is 0.233 e. The number of amides is 1. The molecule has 1 aromatic rings. The molecule has 0 saturated heterocycles. The predicted molar refractivity (Wildman–Crippen MR) is 75.5 cm³/mol. The van der Waals surface area contributed by atoms with E-state index in [9.17, 15) is 4.79 Å². The van der Waals surface area contributed by atoms with Crippen molar-refractivity contribution in [2.45, 2.75) is 39.2 Å². The summed E-state index contributed by atoms with van der Waals surface area (Å²) in [6.07, 6.45) is 2.97. The maximum absolute atomic E-state index is 11.5. The number of carbonyl (C=O) groups is 1. The van der Waals surface area contributed by atoms with Gasteiger partial charge in [-0.25, -0.2) is 0 Å². The summed E-state index contributed by atoms with van der Waals surface area (Å²) >= 11 is 0. The molecule has 0 aliphatic carbocycles. The Bertz CT molecular complexity index is 338. The van der Waals surface area contributed by atoms with E-state index in [1.165, 1.54) is 5.56 Å². The number of nitrogens with one attached hydrogen (secondary N) is 2. The third kappa shape index (κ3) is 5.82. The van der Waals surface area contributed by atoms with Crippen molar-refractivity contribution in [1.29, 1.82) is 0 Å². The van der Waals surface area contributed by atoms with E-state index in [0.29, 0.717) is 12.6 Å². The molecule has 2 N–H and O–H groups in total. The van der Waals surface area contributed by atoms with Crippen molar-refractivity contribution in [2.75, 3.05) is 13.1 Å². The average molecular weight is 248 g/mol. The van der Waals surface area contributed by atoms with Gasteiger partial charge in [0.1, 0.15) is 0 Å². The molecule has 100 valence electrons. The molecule has 1 unspecified atom stereocenters. The lowest BCUT2D eigenvalue weighted by Gasteiger charge is -2.16. The molecule has 18 heavy (non-hydrogen) atoms. The van der Waals surface area contributed by atoms with Crippen LogP contribution >= 0.6 is 0 Å². The van der Waals surface area contributed by atoms with Crippen LogP contribution in [0.25, 0.3) is 0 Å². The van der Waals surface area contributed by atoms with Crippen LogP contribution in [0, 0.1) is 0 Å². The zero-order chi connectivity index (χ0) is 13.2. The first kappa shape index (κ1) is 14.7. The van der Waals surface area contributed by atoms with Crippen LogP contribution in [-0.4, -0.2) is 25.0 Å². The molecule has 0 aromatic heterocycles. The van der Waals surface area contributed by atoms with Crippen molar-refractivity contribution in [2.24, 2.45) is 0 Å². The van der Waals surface area contributed by atoms with Gasteiger partial charge in [-0.1, -0.05) is 44.2 Å². The second-order valence-corrected chi connectivity index (χ2v) is 4.53. The number of hydrogen-bond donors (Lipinski definition) is 2. The first-order valence-corrected chi connectivity index (χ1v) is 6.80. The van der Waals surface area contributed by atoms with E-state index in [1.807, 2.05) is 6.07 Å². The minimum Gasteiger partial charge on any atom is -0.355 e. The summed E-state index contributed by atoms with van der Waals surface area (Å²) in [6, 6.07) is 10.7. The second-order valence-electron chi connectivity index (χ2n) is 4.53. The van der Waals surface area contributed by atoms with Crippen LogP contribution in [0.5, 0.6) is 0 Å². The molecule has 1 amide bonds. The van der Waals surface area contributed by atoms with Crippen LogP contribution in [-0.2, 0) is 11.2 Å². The van der Waals surface area contributed by atoms with Crippen LogP contribution < -0.4 is 10.6 Å². The molecule has 0 bridgehead atoms. The highest BCUT2D eigenvalue weighted by Gasteiger charge is 2.08. The quantitative estimate of drug-likeness (QED) is 0.740. The molecule has 0 radical (unpaired) electrons. The minimum atomic E-state index is 0.0864. The minimum absolute atomic E-state index is 0.0864. The molecule has 3 nitrogen and oxygen atoms in total. The lowest BCUT2D eigenvalue weighted by molar-refractivity contribution is -0.120. The van der Waals surface area contributed by atoms with E-state index < -0.39 is 0 Å². The molecule has 0 saturated carbocycles. The van der Waals surface area contributed by atoms with Crippen molar-refractivity contribution >= 4 is 5.91 Å². The van der Waals surface area contributed by atoms with E-state index in [-0.39, 0.29) is 5.91 Å². The Labute approximate surface area is 110 Å². The Kier molecular flexibility index (Phi) is 7.11. The van der Waals surface area contributed by atoms with Gasteiger partial charge in [0.25, 0.3) is 0 Å². The second kappa shape index (κ2) is 8.70. The average Bonchev–Trinajstić information content (AvgIpc) is 2.42. The first-order chi connectivity index (χ1) is 8.76. The number of carbonyl (C=O) groups excluding carboxylic acids is 1. The normalized spacial score (nSPS) is 12.1. The number of rotatable bonds is 8. The van der Waals surface area contributed by atoms with Gasteiger partial charge in [-0.3, -0.25) is 4.79 Å². The van der Waals surface area contributed by atoms with Gasteiger partial charge in [0, 0.05) is 12.6 Å². The van der Waals surface area contributed by atoms with Crippen LogP contribution in [0.15, 0.2) is 30.3 Å². The lowest BCUT2D eigenvalue weighted by Crippen LogP contribution is -2.40. The Hall–Kier alpha value is -1.35. The van der Waals surface area contributed by atoms with Crippen molar-refractivity contribution in [3.05, 3.63) is 35.9 Å². The van der Waals surface area contributed by atoms with Crippen LogP contribution in [0.3, 0.4) is 0 Å². The van der Waals surface area contributed by atoms with Crippen LogP contribution in [0.2, 0.25) is 0 Å². The summed E-state index contributed by atoms with van der Waals surface area (Å²) in [5.41, 5.74) is 1.31. The predicted octanol–water partition coefficient (Wildman–Crippen LogP) is 2.12. The molecular formula is C15H24N2O. The van der Waals surface area contributed by atoms with E-state index in [4.69, 9.17) is 0 Å². The third-order valence-electron chi connectivity index (χ3n) is 2.94. The number of hydrogen-bond acceptors (Lipinski definition) is 2. The smallest absolute Gasteiger partial charge is 0.233 e. The Morgan fingerprint density at radius 1 is 1.22 bits per heavy atom. The lowest BCUT2D eigenvalue weighted by atomic mass is 10.0. The highest BCUT2D eigenvalue weighted by molar-refractivity contribution is 5.77. The van der Waals surface area contributed by atoms with Crippen LogP contribution in [0.4, 0.5) is 0 Å². The van der Waals surface area contributed by atoms with E-state index in [2.05, 4.69) is 48.7 Å². The van der Waals surface area contributed by atoms with Gasteiger partial charge in [0.15, 0.2) is 0 Å². The van der Waals surface area contributed by atoms with Crippen molar-refractivity contribution in [1.82, 2.24) is 10.6 Å². The van der Waals surface area contributed by atoms with E-state index >= 15 is 0 Å². The first-order valence-electron chi connectivity index (χ1n) is 6.80. The van der Waals surface area contributed by atoms with Gasteiger partial charge in [0.05, 0.1) is 6.54 Å². The van der Waals surface area contributed by atoms with Gasteiger partial charge < -0.3 is 10.6 Å². The molecule has 0 heterocycles. The van der Waals surface area contributed by atoms with Gasteiger partial charge in [-0.15, -0.1) is 0 Å². The topological polar surface area (TPSA) is 41.1 Å². The summed E-state index contributed by atoms with van der Waals surface area (Å²) in [7, 11) is 0. The summed E-state index contributed by atoms with van der Waals surface area (Å²) in [6.45, 7) is 5.36. The van der Waals surface area contributed by atoms with E-state index in [0.717, 1.165) is 25.8 Å². The molecule has 0 fully saturated rings. The zero-order valence-corrected chi connectivity index (χ0v) is 11.4. The largest absolute Gasteiger partial charge is 0.355 e. The fourth-order valence-corrected chi connectivity index (χ4v) is 1.82. The highest BCUT2D eigenvalue weighted by atomic mass is 16.1. The Morgan fingerprint density at radius 3 is 2.56 bits per heavy atom. The maximum atomic E-state index is 11.5. The Morgan fingerprint density at radius 2 is 1.94 bits per heavy atom. The van der Waals surface area contributed by atoms with Crippen molar-refractivity contribution < 1.29 is 4.79 Å². The summed E-state index contributed by atoms with van der Waals surface area (Å²) < 4.78 is 0. The molecule has 3 heteroatoms. The monoisotopic (exact) mass is 248 g/mol. The molecule has 0 aliphatic heterocycles. The zero-order valence-electron chi connectivity index (χ0n) is 11.4. The summed E-state index contributed by atoms with van der Waals surface area (Å²) in [5, 5.41) is 6.19. The summed E-state index contributed by atoms with van der Waals surface area (Å²) in [5.74, 6) is 0.0864. The third-order valence-corrected chi connectivity index (χ3v) is 2.94. The highest BCUT2D eigenvalue weighted by Crippen LogP contribution is 2.05. The molecular weight excluding hydrogens is 224 g/mol. The van der Waals surface area contributed by atoms with E-state index in [1.54, 1.807) is 0 Å². The standard InChI is InChI=1S/C15H24N2O/c1-3-10-16-15(18)12-17-14(4-2)11-13-8-6-5-7-9-13/h5-9,14,17H,3-4,10-12H2,1-2H3,(H,16,18). The fraction of sp³-hybridized carbons (Fsp3) is 0.533. The fourth-order valence-electron chi connectivity index (χ4n) is 1.82. The summed E-state index contributed by atoms with van der Waals surface area (Å²) in [4.78, 5) is 11.5. The molecule has 1 aromatic carbocycles. The van der Waals surface area contributed by atoms with Crippen molar-refractivity contribution in [3.63, 3.8) is 0 Å².